The highest BCUT2D eigenvalue weighted by Gasteiger charge is 2.31. The number of rotatable bonds is 7. The molecule has 2 heterocycles. The Hall–Kier alpha value is -3.39. The topological polar surface area (TPSA) is 47.4 Å². The maximum atomic E-state index is 12.9. The number of aromatic nitrogens is 2. The summed E-state index contributed by atoms with van der Waals surface area (Å²) in [6.45, 7) is 2.82. The summed E-state index contributed by atoms with van der Waals surface area (Å²) >= 11 is 13.0. The van der Waals surface area contributed by atoms with Gasteiger partial charge in [0.1, 0.15) is 22.4 Å². The first-order valence-electron chi connectivity index (χ1n) is 11.4. The molecule has 0 N–H and O–H groups in total. The van der Waals surface area contributed by atoms with Crippen molar-refractivity contribution in [2.24, 2.45) is 0 Å². The van der Waals surface area contributed by atoms with Gasteiger partial charge in [-0.05, 0) is 43.3 Å². The van der Waals surface area contributed by atoms with Crippen LogP contribution in [0.3, 0.4) is 0 Å². The Morgan fingerprint density at radius 3 is 2.58 bits per heavy atom. The molecular weight excluding hydrogens is 510 g/mol. The van der Waals surface area contributed by atoms with Crippen LogP contribution in [0.4, 0.5) is 0 Å². The molecule has 8 heteroatoms. The lowest BCUT2D eigenvalue weighted by Crippen LogP contribution is -2.27. The second-order valence-corrected chi connectivity index (χ2v) is 10.1. The first-order valence-corrected chi connectivity index (χ1v) is 13.0. The Bertz CT molecular complexity index is 1470. The van der Waals surface area contributed by atoms with E-state index in [0.29, 0.717) is 33.1 Å². The Morgan fingerprint density at radius 2 is 1.83 bits per heavy atom. The van der Waals surface area contributed by atoms with Gasteiger partial charge in [-0.3, -0.25) is 9.69 Å². The molecule has 1 fully saturated rings. The van der Waals surface area contributed by atoms with Crippen LogP contribution in [0.2, 0.25) is 5.02 Å². The highest BCUT2D eigenvalue weighted by atomic mass is 35.5. The fourth-order valence-electron chi connectivity index (χ4n) is 3.85. The number of ether oxygens (including phenoxy) is 1. The van der Waals surface area contributed by atoms with Crippen LogP contribution in [0.1, 0.15) is 18.1 Å². The maximum Gasteiger partial charge on any atom is 0.266 e. The Balaban J connectivity index is 1.51. The van der Waals surface area contributed by atoms with E-state index >= 15 is 0 Å². The van der Waals surface area contributed by atoms with Crippen molar-refractivity contribution in [2.45, 2.75) is 13.5 Å². The molecule has 1 aliphatic heterocycles. The van der Waals surface area contributed by atoms with Crippen LogP contribution >= 0.6 is 35.6 Å². The number of likely N-dealkylation sites (N-methyl/N-ethyl adjacent to an activating group) is 1. The van der Waals surface area contributed by atoms with Crippen molar-refractivity contribution in [1.82, 2.24) is 14.7 Å². The molecule has 1 amide bonds. The summed E-state index contributed by atoms with van der Waals surface area (Å²) in [6, 6.07) is 25.2. The monoisotopic (exact) mass is 531 g/mol. The van der Waals surface area contributed by atoms with Gasteiger partial charge in [0.2, 0.25) is 0 Å². The minimum atomic E-state index is -0.0808. The number of carbonyl (C=O) groups excluding carboxylic acids is 1. The number of nitrogens with zero attached hydrogens (tertiary/aromatic N) is 3. The summed E-state index contributed by atoms with van der Waals surface area (Å²) in [5.41, 5.74) is 4.27. The number of hydrogen-bond donors (Lipinski definition) is 0. The van der Waals surface area contributed by atoms with Crippen molar-refractivity contribution in [1.29, 1.82) is 0 Å². The molecule has 36 heavy (non-hydrogen) atoms. The average Bonchev–Trinajstić information content (AvgIpc) is 3.44. The van der Waals surface area contributed by atoms with Gasteiger partial charge >= 0.3 is 0 Å². The molecule has 0 saturated carbocycles. The van der Waals surface area contributed by atoms with Gasteiger partial charge in [0.05, 0.1) is 10.6 Å². The number of benzene rings is 3. The molecule has 1 saturated heterocycles. The molecule has 5 rings (SSSR count). The number of amides is 1. The van der Waals surface area contributed by atoms with Crippen LogP contribution in [0.25, 0.3) is 23.0 Å². The zero-order valence-electron chi connectivity index (χ0n) is 19.4. The third kappa shape index (κ3) is 5.09. The van der Waals surface area contributed by atoms with Crippen LogP contribution in [0.15, 0.2) is 90.0 Å². The summed E-state index contributed by atoms with van der Waals surface area (Å²) in [6.07, 6.45) is 3.80. The lowest BCUT2D eigenvalue weighted by atomic mass is 10.1. The molecule has 1 aromatic heterocycles. The van der Waals surface area contributed by atoms with E-state index in [1.165, 1.54) is 11.8 Å². The van der Waals surface area contributed by atoms with E-state index in [1.54, 1.807) is 4.90 Å². The molecule has 3 aromatic carbocycles. The lowest BCUT2D eigenvalue weighted by Gasteiger charge is -2.09. The molecule has 0 aliphatic carbocycles. The normalized spacial score (nSPS) is 14.6. The maximum absolute atomic E-state index is 12.9. The van der Waals surface area contributed by atoms with Crippen molar-refractivity contribution in [3.05, 3.63) is 106 Å². The highest BCUT2D eigenvalue weighted by Crippen LogP contribution is 2.35. The number of para-hydroxylation sites is 1. The van der Waals surface area contributed by atoms with Crippen LogP contribution in [-0.4, -0.2) is 31.5 Å². The van der Waals surface area contributed by atoms with E-state index in [1.807, 2.05) is 103 Å². The fourth-order valence-corrected chi connectivity index (χ4v) is 5.42. The van der Waals surface area contributed by atoms with Gasteiger partial charge in [-0.2, -0.15) is 5.10 Å². The fraction of sp³-hybridized carbons (Fsp3) is 0.107. The number of halogens is 1. The summed E-state index contributed by atoms with van der Waals surface area (Å²) in [4.78, 5) is 15.1. The zero-order chi connectivity index (χ0) is 25.1. The average molecular weight is 532 g/mol. The quantitative estimate of drug-likeness (QED) is 0.190. The molecule has 0 atom stereocenters. The smallest absolute Gasteiger partial charge is 0.266 e. The van der Waals surface area contributed by atoms with Crippen molar-refractivity contribution < 1.29 is 9.53 Å². The molecule has 0 unspecified atom stereocenters. The predicted octanol–water partition coefficient (Wildman–Crippen LogP) is 6.99. The van der Waals surface area contributed by atoms with Crippen molar-refractivity contribution >= 4 is 51.9 Å². The highest BCUT2D eigenvalue weighted by molar-refractivity contribution is 8.26. The van der Waals surface area contributed by atoms with Gasteiger partial charge < -0.3 is 4.74 Å². The van der Waals surface area contributed by atoms with E-state index in [2.05, 4.69) is 0 Å². The SMILES string of the molecule is CCN1C(=O)/C(=C/c2cn(-c3ccccc3)nc2-c2cccc(OCc3ccccc3Cl)c2)SC1=S. The molecule has 0 radical (unpaired) electrons. The van der Waals surface area contributed by atoms with E-state index in [-0.39, 0.29) is 5.91 Å². The molecule has 0 bridgehead atoms. The summed E-state index contributed by atoms with van der Waals surface area (Å²) in [5.74, 6) is 0.618. The molecule has 0 spiro atoms. The molecule has 1 aliphatic rings. The van der Waals surface area contributed by atoms with Crippen LogP contribution in [0.5, 0.6) is 5.75 Å². The van der Waals surface area contributed by atoms with Gasteiger partial charge in [-0.1, -0.05) is 84.1 Å². The third-order valence-electron chi connectivity index (χ3n) is 5.70. The Morgan fingerprint density at radius 1 is 1.06 bits per heavy atom. The number of hydrogen-bond acceptors (Lipinski definition) is 5. The summed E-state index contributed by atoms with van der Waals surface area (Å²) < 4.78 is 8.43. The lowest BCUT2D eigenvalue weighted by molar-refractivity contribution is -0.121. The Labute approximate surface area is 224 Å². The van der Waals surface area contributed by atoms with Crippen molar-refractivity contribution in [3.8, 4) is 22.7 Å². The van der Waals surface area contributed by atoms with Crippen molar-refractivity contribution in [2.75, 3.05) is 6.54 Å². The Kier molecular flexibility index (Phi) is 7.23. The minimum absolute atomic E-state index is 0.0808. The van der Waals surface area contributed by atoms with Gasteiger partial charge in [-0.25, -0.2) is 4.68 Å². The standard InChI is InChI=1S/C28H22ClN3O2S2/c1-2-31-27(33)25(36-28(31)35)16-21-17-32(22-11-4-3-5-12-22)30-26(21)19-10-8-13-23(15-19)34-18-20-9-6-7-14-24(20)29/h3-17H,2,18H2,1H3/b25-16-. The molecule has 5 nitrogen and oxygen atoms in total. The summed E-state index contributed by atoms with van der Waals surface area (Å²) in [7, 11) is 0. The first kappa shape index (κ1) is 24.3. The van der Waals surface area contributed by atoms with Crippen LogP contribution < -0.4 is 4.74 Å². The number of thioether (sulfide) groups is 1. The van der Waals surface area contributed by atoms with Crippen molar-refractivity contribution in [3.63, 3.8) is 0 Å². The summed E-state index contributed by atoms with van der Waals surface area (Å²) in [5, 5.41) is 5.55. The number of carbonyl (C=O) groups is 1. The van der Waals surface area contributed by atoms with Crippen LogP contribution in [-0.2, 0) is 11.4 Å². The van der Waals surface area contributed by atoms with E-state index in [9.17, 15) is 4.79 Å². The second-order valence-electron chi connectivity index (χ2n) is 8.05. The number of thiocarbonyl (C=S) groups is 1. The minimum Gasteiger partial charge on any atom is -0.489 e. The van der Waals surface area contributed by atoms with E-state index in [0.717, 1.165) is 28.1 Å². The van der Waals surface area contributed by atoms with Gasteiger partial charge in [0.25, 0.3) is 5.91 Å². The van der Waals surface area contributed by atoms with Gasteiger partial charge in [-0.15, -0.1) is 0 Å². The van der Waals surface area contributed by atoms with Crippen LogP contribution in [0, 0.1) is 0 Å². The van der Waals surface area contributed by atoms with Gasteiger partial charge in [0.15, 0.2) is 0 Å². The molecule has 4 aromatic rings. The largest absolute Gasteiger partial charge is 0.489 e. The first-order chi connectivity index (χ1) is 17.5. The molecular formula is C28H22ClN3O2S2. The van der Waals surface area contributed by atoms with Gasteiger partial charge in [0, 0.05) is 34.5 Å². The predicted molar refractivity (Wildman–Crippen MR) is 150 cm³/mol. The third-order valence-corrected chi connectivity index (χ3v) is 7.45. The van der Waals surface area contributed by atoms with E-state index < -0.39 is 0 Å². The second kappa shape index (κ2) is 10.7. The molecule has 180 valence electrons. The van der Waals surface area contributed by atoms with E-state index in [4.69, 9.17) is 33.7 Å². The zero-order valence-corrected chi connectivity index (χ0v) is 21.8.